The molecule has 0 heterocycles. The number of carbonyl (C=O) groups excluding carboxylic acids is 1. The number of amides is 1. The lowest BCUT2D eigenvalue weighted by molar-refractivity contribution is -0.124. The summed E-state index contributed by atoms with van der Waals surface area (Å²) >= 11 is 0. The van der Waals surface area contributed by atoms with Crippen molar-refractivity contribution < 1.29 is 4.79 Å². The molecule has 0 aliphatic heterocycles. The third-order valence-corrected chi connectivity index (χ3v) is 3.29. The molecule has 1 amide bonds. The molecule has 2 atom stereocenters. The van der Waals surface area contributed by atoms with Crippen molar-refractivity contribution >= 4 is 5.91 Å². The first-order valence-corrected chi connectivity index (χ1v) is 6.70. The molecule has 0 saturated heterocycles. The quantitative estimate of drug-likeness (QED) is 0.616. The molecule has 0 saturated carbocycles. The fourth-order valence-electron chi connectivity index (χ4n) is 2.24. The fourth-order valence-corrected chi connectivity index (χ4v) is 2.24. The highest BCUT2D eigenvalue weighted by Crippen LogP contribution is 2.10. The number of primary amides is 1. The van der Waals surface area contributed by atoms with Crippen LogP contribution in [0.4, 0.5) is 0 Å². The fraction of sp³-hybridized carbons (Fsp3) is 0.923. The van der Waals surface area contributed by atoms with Gasteiger partial charge in [-0.15, -0.1) is 0 Å². The van der Waals surface area contributed by atoms with Crippen molar-refractivity contribution in [1.29, 1.82) is 0 Å². The van der Waals surface area contributed by atoms with E-state index >= 15 is 0 Å². The molecular weight excluding hydrogens is 228 g/mol. The zero-order valence-corrected chi connectivity index (χ0v) is 12.8. The van der Waals surface area contributed by atoms with Gasteiger partial charge in [0, 0.05) is 19.1 Å². The van der Waals surface area contributed by atoms with E-state index in [-0.39, 0.29) is 5.91 Å². The summed E-state index contributed by atoms with van der Waals surface area (Å²) in [6, 6.07) is 0.391. The van der Waals surface area contributed by atoms with Gasteiger partial charge in [0.1, 0.15) is 5.54 Å². The minimum atomic E-state index is -0.661. The molecule has 0 aliphatic rings. The lowest BCUT2D eigenvalue weighted by Crippen LogP contribution is -2.61. The minimum Gasteiger partial charge on any atom is -0.368 e. The SMILES string of the molecule is CCNC(C)(CN(CC)C(C)CN(C)C)C(N)=O. The maximum Gasteiger partial charge on any atom is 0.238 e. The second kappa shape index (κ2) is 7.71. The van der Waals surface area contributed by atoms with Gasteiger partial charge >= 0.3 is 0 Å². The van der Waals surface area contributed by atoms with Crippen molar-refractivity contribution in [3.8, 4) is 0 Å². The first-order valence-electron chi connectivity index (χ1n) is 6.70. The van der Waals surface area contributed by atoms with E-state index in [9.17, 15) is 4.79 Å². The molecule has 3 N–H and O–H groups in total. The summed E-state index contributed by atoms with van der Waals surface area (Å²) in [5, 5.41) is 3.20. The number of likely N-dealkylation sites (N-methyl/N-ethyl adjacent to an activating group) is 3. The number of nitrogens with two attached hydrogens (primary N) is 1. The molecule has 5 nitrogen and oxygen atoms in total. The van der Waals surface area contributed by atoms with E-state index in [1.54, 1.807) is 0 Å². The Balaban J connectivity index is 4.71. The monoisotopic (exact) mass is 258 g/mol. The van der Waals surface area contributed by atoms with E-state index < -0.39 is 5.54 Å². The van der Waals surface area contributed by atoms with E-state index in [1.165, 1.54) is 0 Å². The number of nitrogens with one attached hydrogen (secondary N) is 1. The van der Waals surface area contributed by atoms with Gasteiger partial charge in [-0.05, 0) is 41.0 Å². The van der Waals surface area contributed by atoms with Crippen molar-refractivity contribution in [2.75, 3.05) is 40.3 Å². The van der Waals surface area contributed by atoms with Crippen LogP contribution >= 0.6 is 0 Å². The molecule has 2 unspecified atom stereocenters. The Labute approximate surface area is 112 Å². The van der Waals surface area contributed by atoms with Gasteiger partial charge in [-0.1, -0.05) is 13.8 Å². The molecule has 18 heavy (non-hydrogen) atoms. The standard InChI is InChI=1S/C13H30N4O/c1-7-15-13(4,12(14)18)10-17(8-2)11(3)9-16(5)6/h11,15H,7-10H2,1-6H3,(H2,14,18). The van der Waals surface area contributed by atoms with Gasteiger partial charge in [0.25, 0.3) is 0 Å². The van der Waals surface area contributed by atoms with Gasteiger partial charge in [0.05, 0.1) is 0 Å². The van der Waals surface area contributed by atoms with E-state index in [0.29, 0.717) is 12.6 Å². The summed E-state index contributed by atoms with van der Waals surface area (Å²) in [5.74, 6) is -0.292. The van der Waals surface area contributed by atoms with Crippen LogP contribution in [0, 0.1) is 0 Å². The highest BCUT2D eigenvalue weighted by Gasteiger charge is 2.33. The first-order chi connectivity index (χ1) is 8.26. The van der Waals surface area contributed by atoms with Crippen LogP contribution in [0.15, 0.2) is 0 Å². The van der Waals surface area contributed by atoms with Crippen LogP contribution in [0.5, 0.6) is 0 Å². The van der Waals surface area contributed by atoms with Crippen molar-refractivity contribution in [1.82, 2.24) is 15.1 Å². The average Bonchev–Trinajstić information content (AvgIpc) is 2.25. The molecule has 0 spiro atoms. The molecule has 0 bridgehead atoms. The van der Waals surface area contributed by atoms with Gasteiger partial charge < -0.3 is 16.0 Å². The zero-order valence-electron chi connectivity index (χ0n) is 12.8. The van der Waals surface area contributed by atoms with Crippen LogP contribution in [-0.4, -0.2) is 67.6 Å². The molecule has 5 heteroatoms. The Morgan fingerprint density at radius 1 is 1.39 bits per heavy atom. The number of rotatable bonds is 9. The third-order valence-electron chi connectivity index (χ3n) is 3.29. The normalized spacial score (nSPS) is 16.9. The summed E-state index contributed by atoms with van der Waals surface area (Å²) < 4.78 is 0. The number of carbonyl (C=O) groups is 1. The van der Waals surface area contributed by atoms with Crippen molar-refractivity contribution in [2.45, 2.75) is 39.3 Å². The molecule has 0 radical (unpaired) electrons. The predicted molar refractivity (Wildman–Crippen MR) is 76.5 cm³/mol. The topological polar surface area (TPSA) is 61.6 Å². The van der Waals surface area contributed by atoms with Crippen LogP contribution in [0.1, 0.15) is 27.7 Å². The molecular formula is C13H30N4O. The molecule has 0 rings (SSSR count). The Morgan fingerprint density at radius 2 is 1.94 bits per heavy atom. The maximum atomic E-state index is 11.6. The van der Waals surface area contributed by atoms with Gasteiger partial charge in [0.15, 0.2) is 0 Å². The van der Waals surface area contributed by atoms with E-state index in [2.05, 4.69) is 43.1 Å². The van der Waals surface area contributed by atoms with E-state index in [1.807, 2.05) is 13.8 Å². The summed E-state index contributed by atoms with van der Waals surface area (Å²) in [4.78, 5) is 16.1. The number of hydrogen-bond acceptors (Lipinski definition) is 4. The highest BCUT2D eigenvalue weighted by molar-refractivity contribution is 5.84. The van der Waals surface area contributed by atoms with Crippen LogP contribution in [-0.2, 0) is 4.79 Å². The van der Waals surface area contributed by atoms with Crippen molar-refractivity contribution in [3.05, 3.63) is 0 Å². The van der Waals surface area contributed by atoms with Crippen LogP contribution < -0.4 is 11.1 Å². The highest BCUT2D eigenvalue weighted by atomic mass is 16.1. The smallest absolute Gasteiger partial charge is 0.238 e. The number of hydrogen-bond donors (Lipinski definition) is 2. The molecule has 0 fully saturated rings. The summed E-state index contributed by atoms with van der Waals surface area (Å²) in [6.07, 6.45) is 0. The lowest BCUT2D eigenvalue weighted by atomic mass is 9.99. The second-order valence-corrected chi connectivity index (χ2v) is 5.40. The Morgan fingerprint density at radius 3 is 2.28 bits per heavy atom. The first kappa shape index (κ1) is 17.4. The maximum absolute atomic E-state index is 11.6. The van der Waals surface area contributed by atoms with Crippen molar-refractivity contribution in [3.63, 3.8) is 0 Å². The third kappa shape index (κ3) is 5.33. The molecule has 0 aliphatic carbocycles. The van der Waals surface area contributed by atoms with Gasteiger partial charge in [-0.2, -0.15) is 0 Å². The van der Waals surface area contributed by atoms with Gasteiger partial charge in [-0.3, -0.25) is 9.69 Å². The van der Waals surface area contributed by atoms with Crippen LogP contribution in [0.2, 0.25) is 0 Å². The minimum absolute atomic E-state index is 0.292. The van der Waals surface area contributed by atoms with Crippen LogP contribution in [0.25, 0.3) is 0 Å². The predicted octanol–water partition coefficient (Wildman–Crippen LogP) is 0.112. The largest absolute Gasteiger partial charge is 0.368 e. The Kier molecular flexibility index (Phi) is 7.43. The van der Waals surface area contributed by atoms with Gasteiger partial charge in [-0.25, -0.2) is 0 Å². The lowest BCUT2D eigenvalue weighted by Gasteiger charge is -2.37. The molecule has 0 aromatic carbocycles. The molecule has 0 aromatic rings. The zero-order chi connectivity index (χ0) is 14.3. The van der Waals surface area contributed by atoms with E-state index in [0.717, 1.165) is 19.6 Å². The average molecular weight is 258 g/mol. The molecule has 0 aromatic heterocycles. The van der Waals surface area contributed by atoms with E-state index in [4.69, 9.17) is 5.73 Å². The Hall–Kier alpha value is -0.650. The second-order valence-electron chi connectivity index (χ2n) is 5.40. The summed E-state index contributed by atoms with van der Waals surface area (Å²) in [6.45, 7) is 11.4. The number of nitrogens with zero attached hydrogens (tertiary/aromatic N) is 2. The summed E-state index contributed by atoms with van der Waals surface area (Å²) in [5.41, 5.74) is 4.86. The van der Waals surface area contributed by atoms with Crippen LogP contribution in [0.3, 0.4) is 0 Å². The summed E-state index contributed by atoms with van der Waals surface area (Å²) in [7, 11) is 4.11. The Bertz CT molecular complexity index is 257. The van der Waals surface area contributed by atoms with Crippen molar-refractivity contribution in [2.24, 2.45) is 5.73 Å². The van der Waals surface area contributed by atoms with Gasteiger partial charge in [0.2, 0.25) is 5.91 Å². The molecule has 108 valence electrons.